The summed E-state index contributed by atoms with van der Waals surface area (Å²) in [5.41, 5.74) is 0.464. The van der Waals surface area contributed by atoms with E-state index in [-0.39, 0.29) is 11.8 Å². The Morgan fingerprint density at radius 1 is 1.52 bits per heavy atom. The molecule has 1 aliphatic rings. The maximum atomic E-state index is 11.0. The quantitative estimate of drug-likeness (QED) is 0.467. The molecule has 1 N–H and O–H groups in total. The molecule has 0 spiro atoms. The number of aryl methyl sites for hydroxylation is 2. The van der Waals surface area contributed by atoms with Crippen molar-refractivity contribution in [3.63, 3.8) is 0 Å². The van der Waals surface area contributed by atoms with Crippen LogP contribution < -0.4 is 5.32 Å². The molecule has 0 saturated carbocycles. The second kappa shape index (κ2) is 7.37. The monoisotopic (exact) mass is 298 g/mol. The SMILES string of the molecule is Cc1nn(C)c(NCCCOC2CCOCC2)c1[N+](=O)[O-]. The van der Waals surface area contributed by atoms with Crippen LogP contribution in [0.4, 0.5) is 11.5 Å². The van der Waals surface area contributed by atoms with Crippen LogP contribution in [0.3, 0.4) is 0 Å². The number of anilines is 1. The first kappa shape index (κ1) is 15.7. The lowest BCUT2D eigenvalue weighted by atomic mass is 10.1. The van der Waals surface area contributed by atoms with Gasteiger partial charge in [0.25, 0.3) is 0 Å². The molecule has 2 rings (SSSR count). The zero-order chi connectivity index (χ0) is 15.2. The van der Waals surface area contributed by atoms with E-state index in [0.717, 1.165) is 32.5 Å². The molecule has 0 bridgehead atoms. The molecule has 21 heavy (non-hydrogen) atoms. The van der Waals surface area contributed by atoms with Crippen molar-refractivity contribution < 1.29 is 14.4 Å². The van der Waals surface area contributed by atoms with Gasteiger partial charge in [0.1, 0.15) is 5.69 Å². The van der Waals surface area contributed by atoms with Crippen molar-refractivity contribution in [2.75, 3.05) is 31.7 Å². The summed E-state index contributed by atoms with van der Waals surface area (Å²) in [6.45, 7) is 4.43. The lowest BCUT2D eigenvalue weighted by Crippen LogP contribution is -2.24. The number of rotatable bonds is 7. The number of nitro groups is 1. The van der Waals surface area contributed by atoms with Crippen LogP contribution in [0.1, 0.15) is 25.0 Å². The highest BCUT2D eigenvalue weighted by atomic mass is 16.6. The molecular formula is C13H22N4O4. The molecular weight excluding hydrogens is 276 g/mol. The van der Waals surface area contributed by atoms with E-state index in [9.17, 15) is 10.1 Å². The molecule has 0 unspecified atom stereocenters. The van der Waals surface area contributed by atoms with Gasteiger partial charge in [0, 0.05) is 33.4 Å². The predicted molar refractivity (Wildman–Crippen MR) is 77.5 cm³/mol. The summed E-state index contributed by atoms with van der Waals surface area (Å²) in [7, 11) is 1.70. The van der Waals surface area contributed by atoms with Crippen LogP contribution in [0.15, 0.2) is 0 Å². The number of nitrogens with one attached hydrogen (secondary N) is 1. The molecule has 1 saturated heterocycles. The fourth-order valence-electron chi connectivity index (χ4n) is 2.44. The summed E-state index contributed by atoms with van der Waals surface area (Å²) >= 11 is 0. The number of nitrogens with zero attached hydrogens (tertiary/aromatic N) is 3. The molecule has 0 atom stereocenters. The Hall–Kier alpha value is -1.67. The van der Waals surface area contributed by atoms with Crippen LogP contribution >= 0.6 is 0 Å². The average Bonchev–Trinajstić information content (AvgIpc) is 2.74. The van der Waals surface area contributed by atoms with Crippen molar-refractivity contribution in [2.24, 2.45) is 7.05 Å². The van der Waals surface area contributed by atoms with Crippen molar-refractivity contribution in [1.29, 1.82) is 0 Å². The summed E-state index contributed by atoms with van der Waals surface area (Å²) in [6.07, 6.45) is 2.96. The Balaban J connectivity index is 1.74. The third kappa shape index (κ3) is 4.15. The van der Waals surface area contributed by atoms with E-state index in [2.05, 4.69) is 10.4 Å². The third-order valence-corrected chi connectivity index (χ3v) is 3.51. The highest BCUT2D eigenvalue weighted by molar-refractivity contribution is 5.59. The van der Waals surface area contributed by atoms with Crippen LogP contribution in [0.5, 0.6) is 0 Å². The van der Waals surface area contributed by atoms with Crippen LogP contribution in [0.25, 0.3) is 0 Å². The number of ether oxygens (including phenoxy) is 2. The molecule has 1 aromatic heterocycles. The van der Waals surface area contributed by atoms with Gasteiger partial charge in [0.2, 0.25) is 5.82 Å². The first-order chi connectivity index (χ1) is 10.1. The largest absolute Gasteiger partial charge is 0.381 e. The van der Waals surface area contributed by atoms with Gasteiger partial charge in [0.05, 0.1) is 11.0 Å². The van der Waals surface area contributed by atoms with Crippen LogP contribution in [0.2, 0.25) is 0 Å². The smallest absolute Gasteiger partial charge is 0.333 e. The van der Waals surface area contributed by atoms with E-state index >= 15 is 0 Å². The molecule has 0 radical (unpaired) electrons. The van der Waals surface area contributed by atoms with Gasteiger partial charge in [-0.15, -0.1) is 0 Å². The number of aromatic nitrogens is 2. The van der Waals surface area contributed by atoms with Gasteiger partial charge in [-0.05, 0) is 26.2 Å². The molecule has 8 heteroatoms. The summed E-state index contributed by atoms with van der Waals surface area (Å²) in [5.74, 6) is 0.448. The Bertz CT molecular complexity index is 483. The fourth-order valence-corrected chi connectivity index (χ4v) is 2.44. The first-order valence-corrected chi connectivity index (χ1v) is 7.20. The lowest BCUT2D eigenvalue weighted by molar-refractivity contribution is -0.384. The average molecular weight is 298 g/mol. The molecule has 1 aromatic rings. The van der Waals surface area contributed by atoms with Gasteiger partial charge in [-0.2, -0.15) is 5.10 Å². The highest BCUT2D eigenvalue weighted by Crippen LogP contribution is 2.27. The summed E-state index contributed by atoms with van der Waals surface area (Å²) in [6, 6.07) is 0. The molecule has 0 amide bonds. The van der Waals surface area contributed by atoms with Crippen LogP contribution in [0, 0.1) is 17.0 Å². The van der Waals surface area contributed by atoms with Gasteiger partial charge in [-0.25, -0.2) is 4.68 Å². The van der Waals surface area contributed by atoms with Crippen molar-refractivity contribution in [3.8, 4) is 0 Å². The molecule has 1 fully saturated rings. The molecule has 118 valence electrons. The van der Waals surface area contributed by atoms with E-state index in [4.69, 9.17) is 9.47 Å². The maximum absolute atomic E-state index is 11.0. The van der Waals surface area contributed by atoms with E-state index in [1.807, 2.05) is 0 Å². The van der Waals surface area contributed by atoms with E-state index in [0.29, 0.717) is 24.7 Å². The normalized spacial score (nSPS) is 16.1. The summed E-state index contributed by atoms with van der Waals surface area (Å²) in [4.78, 5) is 10.6. The van der Waals surface area contributed by atoms with Gasteiger partial charge in [-0.1, -0.05) is 0 Å². The third-order valence-electron chi connectivity index (χ3n) is 3.51. The minimum Gasteiger partial charge on any atom is -0.381 e. The van der Waals surface area contributed by atoms with Gasteiger partial charge < -0.3 is 14.8 Å². The molecule has 0 aromatic carbocycles. The zero-order valence-electron chi connectivity index (χ0n) is 12.5. The predicted octanol–water partition coefficient (Wildman–Crippen LogP) is 1.63. The highest BCUT2D eigenvalue weighted by Gasteiger charge is 2.23. The lowest BCUT2D eigenvalue weighted by Gasteiger charge is -2.22. The molecule has 0 aliphatic carbocycles. The Kier molecular flexibility index (Phi) is 5.51. The van der Waals surface area contributed by atoms with Crippen molar-refractivity contribution in [2.45, 2.75) is 32.3 Å². The second-order valence-electron chi connectivity index (χ2n) is 5.13. The van der Waals surface area contributed by atoms with Crippen molar-refractivity contribution >= 4 is 11.5 Å². The minimum atomic E-state index is -0.400. The van der Waals surface area contributed by atoms with E-state index in [1.165, 1.54) is 4.68 Å². The Morgan fingerprint density at radius 3 is 2.90 bits per heavy atom. The van der Waals surface area contributed by atoms with Crippen molar-refractivity contribution in [1.82, 2.24) is 9.78 Å². The van der Waals surface area contributed by atoms with E-state index < -0.39 is 4.92 Å². The van der Waals surface area contributed by atoms with Crippen molar-refractivity contribution in [3.05, 3.63) is 15.8 Å². The van der Waals surface area contributed by atoms with Crippen LogP contribution in [-0.2, 0) is 16.5 Å². The number of hydrogen-bond acceptors (Lipinski definition) is 6. The maximum Gasteiger partial charge on any atom is 0.333 e. The zero-order valence-corrected chi connectivity index (χ0v) is 12.5. The summed E-state index contributed by atoms with van der Waals surface area (Å²) in [5, 5.41) is 18.2. The van der Waals surface area contributed by atoms with Crippen LogP contribution in [-0.4, -0.2) is 47.2 Å². The summed E-state index contributed by atoms with van der Waals surface area (Å²) < 4.78 is 12.5. The Morgan fingerprint density at radius 2 is 2.24 bits per heavy atom. The van der Waals surface area contributed by atoms with Gasteiger partial charge >= 0.3 is 5.69 Å². The van der Waals surface area contributed by atoms with Gasteiger partial charge in [-0.3, -0.25) is 10.1 Å². The first-order valence-electron chi connectivity index (χ1n) is 7.20. The Labute approximate surface area is 123 Å². The van der Waals surface area contributed by atoms with E-state index in [1.54, 1.807) is 14.0 Å². The molecule has 8 nitrogen and oxygen atoms in total. The fraction of sp³-hybridized carbons (Fsp3) is 0.769. The minimum absolute atomic E-state index is 0.0443. The molecule has 2 heterocycles. The molecule has 1 aliphatic heterocycles. The standard InChI is InChI=1S/C13H22N4O4/c1-10-12(17(18)19)13(16(2)15-10)14-6-3-7-21-11-4-8-20-9-5-11/h11,14H,3-9H2,1-2H3. The second-order valence-corrected chi connectivity index (χ2v) is 5.13. The number of hydrogen-bond donors (Lipinski definition) is 1. The topological polar surface area (TPSA) is 91.5 Å². The van der Waals surface area contributed by atoms with Gasteiger partial charge in [0.15, 0.2) is 0 Å².